The van der Waals surface area contributed by atoms with E-state index in [0.717, 1.165) is 6.42 Å². The zero-order valence-corrected chi connectivity index (χ0v) is 11.7. The molecular formula is C13H21N3O3. The Kier molecular flexibility index (Phi) is 5.61. The lowest BCUT2D eigenvalue weighted by Crippen LogP contribution is -2.49. The first-order valence-corrected chi connectivity index (χ1v) is 6.54. The summed E-state index contributed by atoms with van der Waals surface area (Å²) in [4.78, 5) is 25.2. The topological polar surface area (TPSA) is 82.4 Å². The van der Waals surface area contributed by atoms with Gasteiger partial charge in [0.15, 0.2) is 6.19 Å². The van der Waals surface area contributed by atoms with Gasteiger partial charge in [0.2, 0.25) is 5.91 Å². The molecule has 19 heavy (non-hydrogen) atoms. The molecule has 1 aliphatic heterocycles. The summed E-state index contributed by atoms with van der Waals surface area (Å²) >= 11 is 0. The van der Waals surface area contributed by atoms with Gasteiger partial charge in [0.1, 0.15) is 12.1 Å². The number of rotatable bonds is 5. The summed E-state index contributed by atoms with van der Waals surface area (Å²) in [6.07, 6.45) is 4.00. The second kappa shape index (κ2) is 6.98. The predicted molar refractivity (Wildman–Crippen MR) is 68.7 cm³/mol. The largest absolute Gasteiger partial charge is 0.467 e. The number of hydrogen-bond donors (Lipinski definition) is 1. The molecule has 2 atom stereocenters. The summed E-state index contributed by atoms with van der Waals surface area (Å²) in [6, 6.07) is -1.09. The molecule has 1 heterocycles. The molecule has 106 valence electrons. The summed E-state index contributed by atoms with van der Waals surface area (Å²) in [5.74, 6) is -0.446. The van der Waals surface area contributed by atoms with Gasteiger partial charge in [0, 0.05) is 6.54 Å². The van der Waals surface area contributed by atoms with Crippen LogP contribution in [0.5, 0.6) is 0 Å². The van der Waals surface area contributed by atoms with Crippen molar-refractivity contribution in [1.29, 1.82) is 5.26 Å². The van der Waals surface area contributed by atoms with Crippen molar-refractivity contribution < 1.29 is 14.3 Å². The van der Waals surface area contributed by atoms with E-state index in [0.29, 0.717) is 19.4 Å². The van der Waals surface area contributed by atoms with Crippen LogP contribution >= 0.6 is 0 Å². The Hall–Kier alpha value is -1.77. The van der Waals surface area contributed by atoms with E-state index < -0.39 is 18.1 Å². The van der Waals surface area contributed by atoms with Crippen molar-refractivity contribution in [3.63, 3.8) is 0 Å². The highest BCUT2D eigenvalue weighted by Crippen LogP contribution is 2.16. The maximum atomic E-state index is 12.1. The first-order valence-electron chi connectivity index (χ1n) is 6.54. The van der Waals surface area contributed by atoms with Gasteiger partial charge in [-0.05, 0) is 25.2 Å². The molecule has 6 nitrogen and oxygen atoms in total. The van der Waals surface area contributed by atoms with Crippen molar-refractivity contribution in [2.75, 3.05) is 13.7 Å². The van der Waals surface area contributed by atoms with Gasteiger partial charge in [-0.15, -0.1) is 0 Å². The number of esters is 1. The van der Waals surface area contributed by atoms with Crippen LogP contribution in [0.15, 0.2) is 0 Å². The average molecular weight is 267 g/mol. The normalized spacial score (nSPS) is 19.9. The van der Waals surface area contributed by atoms with Crippen LogP contribution in [0.2, 0.25) is 0 Å². The summed E-state index contributed by atoms with van der Waals surface area (Å²) in [7, 11) is 1.30. The lowest BCUT2D eigenvalue weighted by molar-refractivity contribution is -0.146. The van der Waals surface area contributed by atoms with Gasteiger partial charge in [-0.2, -0.15) is 5.26 Å². The number of likely N-dealkylation sites (tertiary alicyclic amines) is 1. The highest BCUT2D eigenvalue weighted by atomic mass is 16.5. The van der Waals surface area contributed by atoms with Crippen LogP contribution in [0.3, 0.4) is 0 Å². The van der Waals surface area contributed by atoms with Crippen LogP contribution in [0.1, 0.15) is 33.1 Å². The average Bonchev–Trinajstić information content (AvgIpc) is 2.84. The zero-order chi connectivity index (χ0) is 14.4. The van der Waals surface area contributed by atoms with Gasteiger partial charge in [-0.3, -0.25) is 9.69 Å². The number of carbonyl (C=O) groups excluding carboxylic acids is 2. The van der Waals surface area contributed by atoms with E-state index in [-0.39, 0.29) is 11.8 Å². The molecule has 0 bridgehead atoms. The number of nitrogens with one attached hydrogen (secondary N) is 1. The number of amides is 1. The monoisotopic (exact) mass is 267 g/mol. The Bertz CT molecular complexity index is 376. The molecule has 0 aromatic rings. The lowest BCUT2D eigenvalue weighted by Gasteiger charge is -2.22. The van der Waals surface area contributed by atoms with Gasteiger partial charge in [-0.1, -0.05) is 13.8 Å². The minimum Gasteiger partial charge on any atom is -0.467 e. The molecule has 1 amide bonds. The quantitative estimate of drug-likeness (QED) is 0.583. The third-order valence-corrected chi connectivity index (χ3v) is 3.19. The van der Waals surface area contributed by atoms with Gasteiger partial charge in [-0.25, -0.2) is 4.79 Å². The molecule has 0 aromatic heterocycles. The second-order valence-corrected chi connectivity index (χ2v) is 5.17. The van der Waals surface area contributed by atoms with Gasteiger partial charge in [0.25, 0.3) is 0 Å². The van der Waals surface area contributed by atoms with E-state index in [9.17, 15) is 9.59 Å². The SMILES string of the molecule is COC(=O)C(CC(C)C)NC(=O)[C@@H]1CCCN1C#N. The molecule has 6 heteroatoms. The van der Waals surface area contributed by atoms with Crippen LogP contribution in [0, 0.1) is 17.4 Å². The molecule has 0 radical (unpaired) electrons. The predicted octanol–water partition coefficient (Wildman–Crippen LogP) is 0.636. The Labute approximate surface area is 113 Å². The van der Waals surface area contributed by atoms with Crippen molar-refractivity contribution in [3.05, 3.63) is 0 Å². The molecule has 1 N–H and O–H groups in total. The number of methoxy groups -OCH3 is 1. The van der Waals surface area contributed by atoms with E-state index in [4.69, 9.17) is 10.00 Å². The lowest BCUT2D eigenvalue weighted by atomic mass is 10.0. The van der Waals surface area contributed by atoms with Crippen LogP contribution in [0.4, 0.5) is 0 Å². The fourth-order valence-corrected chi connectivity index (χ4v) is 2.25. The first-order chi connectivity index (χ1) is 8.99. The summed E-state index contributed by atoms with van der Waals surface area (Å²) in [6.45, 7) is 4.54. The van der Waals surface area contributed by atoms with Crippen molar-refractivity contribution in [2.24, 2.45) is 5.92 Å². The molecule has 1 saturated heterocycles. The minimum atomic E-state index is -0.640. The second-order valence-electron chi connectivity index (χ2n) is 5.17. The van der Waals surface area contributed by atoms with Crippen molar-refractivity contribution in [1.82, 2.24) is 10.2 Å². The van der Waals surface area contributed by atoms with Crippen LogP contribution < -0.4 is 5.32 Å². The smallest absolute Gasteiger partial charge is 0.328 e. The van der Waals surface area contributed by atoms with E-state index in [1.807, 2.05) is 20.0 Å². The fourth-order valence-electron chi connectivity index (χ4n) is 2.25. The van der Waals surface area contributed by atoms with Crippen molar-refractivity contribution in [2.45, 2.75) is 45.2 Å². The molecule has 1 rings (SSSR count). The molecule has 1 aliphatic rings. The number of ether oxygens (including phenoxy) is 1. The number of nitriles is 1. The molecule has 0 spiro atoms. The molecular weight excluding hydrogens is 246 g/mol. The molecule has 0 saturated carbocycles. The molecule has 0 aliphatic carbocycles. The zero-order valence-electron chi connectivity index (χ0n) is 11.7. The summed E-state index contributed by atoms with van der Waals surface area (Å²) < 4.78 is 4.70. The third kappa shape index (κ3) is 4.12. The first kappa shape index (κ1) is 15.3. The van der Waals surface area contributed by atoms with E-state index in [1.165, 1.54) is 12.0 Å². The van der Waals surface area contributed by atoms with Crippen molar-refractivity contribution >= 4 is 11.9 Å². The summed E-state index contributed by atoms with van der Waals surface area (Å²) in [5.41, 5.74) is 0. The fraction of sp³-hybridized carbons (Fsp3) is 0.769. The highest BCUT2D eigenvalue weighted by molar-refractivity contribution is 5.87. The van der Waals surface area contributed by atoms with Crippen molar-refractivity contribution in [3.8, 4) is 6.19 Å². The van der Waals surface area contributed by atoms with Crippen LogP contribution in [-0.2, 0) is 14.3 Å². The summed E-state index contributed by atoms with van der Waals surface area (Å²) in [5, 5.41) is 11.6. The van der Waals surface area contributed by atoms with E-state index >= 15 is 0 Å². The standard InChI is InChI=1S/C13H21N3O3/c1-9(2)7-10(13(18)19-3)15-12(17)11-5-4-6-16(11)8-14/h9-11H,4-7H2,1-3H3,(H,15,17)/t10?,11-/m0/s1. The maximum absolute atomic E-state index is 12.1. The minimum absolute atomic E-state index is 0.264. The van der Waals surface area contributed by atoms with Gasteiger partial charge >= 0.3 is 5.97 Å². The third-order valence-electron chi connectivity index (χ3n) is 3.19. The number of carbonyl (C=O) groups is 2. The van der Waals surface area contributed by atoms with Gasteiger partial charge in [0.05, 0.1) is 7.11 Å². The Morgan fingerprint density at radius 3 is 2.74 bits per heavy atom. The van der Waals surface area contributed by atoms with E-state index in [2.05, 4.69) is 5.32 Å². The van der Waals surface area contributed by atoms with Crippen LogP contribution in [0.25, 0.3) is 0 Å². The Morgan fingerprint density at radius 2 is 2.21 bits per heavy atom. The highest BCUT2D eigenvalue weighted by Gasteiger charge is 2.33. The molecule has 0 aromatic carbocycles. The number of nitrogens with zero attached hydrogens (tertiary/aromatic N) is 2. The van der Waals surface area contributed by atoms with Crippen LogP contribution in [-0.4, -0.2) is 42.5 Å². The molecule has 1 fully saturated rings. The Morgan fingerprint density at radius 1 is 1.53 bits per heavy atom. The van der Waals surface area contributed by atoms with Gasteiger partial charge < -0.3 is 10.1 Å². The number of hydrogen-bond acceptors (Lipinski definition) is 5. The molecule has 1 unspecified atom stereocenters. The maximum Gasteiger partial charge on any atom is 0.328 e. The van der Waals surface area contributed by atoms with E-state index in [1.54, 1.807) is 0 Å². The Balaban J connectivity index is 2.65.